The van der Waals surface area contributed by atoms with E-state index in [1.807, 2.05) is 0 Å². The highest BCUT2D eigenvalue weighted by Gasteiger charge is 2.16. The number of hydrogen-bond acceptors (Lipinski definition) is 6. The summed E-state index contributed by atoms with van der Waals surface area (Å²) in [5.74, 6) is 1.35. The Balaban J connectivity index is 1.65. The number of nitrogens with zero attached hydrogens (tertiary/aromatic N) is 4. The second-order valence-electron chi connectivity index (χ2n) is 5.07. The van der Waals surface area contributed by atoms with Crippen molar-refractivity contribution in [1.82, 2.24) is 19.7 Å². The molecule has 25 heavy (non-hydrogen) atoms. The SMILES string of the molecule is Cc1c(Cl)cnc(NC(=O)CSc2nnc(-c3ccco3)n2C)c1Cl. The maximum atomic E-state index is 12.1. The molecule has 0 fully saturated rings. The van der Waals surface area contributed by atoms with Gasteiger partial charge in [0, 0.05) is 13.2 Å². The van der Waals surface area contributed by atoms with Crippen molar-refractivity contribution in [3.05, 3.63) is 40.2 Å². The van der Waals surface area contributed by atoms with Crippen LogP contribution in [0.4, 0.5) is 5.82 Å². The van der Waals surface area contributed by atoms with E-state index >= 15 is 0 Å². The third-order valence-corrected chi connectivity index (χ3v) is 5.23. The number of anilines is 1. The standard InChI is InChI=1S/C15H13Cl2N5O2S/c1-8-9(16)6-18-13(12(8)17)19-11(23)7-25-15-21-20-14(22(15)2)10-4-3-5-24-10/h3-6H,7H2,1-2H3,(H,18,19,23). The Hall–Kier alpha value is -2.03. The molecule has 0 aliphatic heterocycles. The van der Waals surface area contributed by atoms with E-state index in [0.717, 1.165) is 0 Å². The highest BCUT2D eigenvalue weighted by Crippen LogP contribution is 2.29. The molecule has 0 radical (unpaired) electrons. The van der Waals surface area contributed by atoms with Gasteiger partial charge in [-0.15, -0.1) is 10.2 Å². The van der Waals surface area contributed by atoms with Crippen LogP contribution in [0.5, 0.6) is 0 Å². The molecule has 1 N–H and O–H groups in total. The molecule has 0 spiro atoms. The molecule has 0 aromatic carbocycles. The number of amides is 1. The Labute approximate surface area is 157 Å². The molecule has 0 aliphatic rings. The van der Waals surface area contributed by atoms with E-state index in [4.69, 9.17) is 27.6 Å². The summed E-state index contributed by atoms with van der Waals surface area (Å²) in [6.07, 6.45) is 3.01. The van der Waals surface area contributed by atoms with Crippen molar-refractivity contribution in [3.8, 4) is 11.6 Å². The molecule has 0 unspecified atom stereocenters. The topological polar surface area (TPSA) is 85.8 Å². The van der Waals surface area contributed by atoms with Gasteiger partial charge in [-0.05, 0) is 24.6 Å². The first-order valence-electron chi connectivity index (χ1n) is 7.14. The van der Waals surface area contributed by atoms with E-state index in [1.54, 1.807) is 36.9 Å². The summed E-state index contributed by atoms with van der Waals surface area (Å²) in [7, 11) is 1.80. The maximum absolute atomic E-state index is 12.1. The summed E-state index contributed by atoms with van der Waals surface area (Å²) in [4.78, 5) is 16.2. The minimum Gasteiger partial charge on any atom is -0.461 e. The van der Waals surface area contributed by atoms with Crippen molar-refractivity contribution in [2.75, 3.05) is 11.1 Å². The lowest BCUT2D eigenvalue weighted by Gasteiger charge is -2.08. The van der Waals surface area contributed by atoms with Crippen LogP contribution in [0.1, 0.15) is 5.56 Å². The molecule has 0 saturated heterocycles. The average molecular weight is 398 g/mol. The van der Waals surface area contributed by atoms with Gasteiger partial charge in [-0.3, -0.25) is 4.79 Å². The van der Waals surface area contributed by atoms with Gasteiger partial charge in [0.15, 0.2) is 22.6 Å². The summed E-state index contributed by atoms with van der Waals surface area (Å²) < 4.78 is 7.07. The first-order chi connectivity index (χ1) is 12.0. The molecular formula is C15H13Cl2N5O2S. The van der Waals surface area contributed by atoms with Crippen LogP contribution in [0, 0.1) is 6.92 Å². The van der Waals surface area contributed by atoms with E-state index in [0.29, 0.717) is 32.3 Å². The number of halogens is 2. The lowest BCUT2D eigenvalue weighted by atomic mass is 10.3. The van der Waals surface area contributed by atoms with Gasteiger partial charge in [-0.2, -0.15) is 0 Å². The highest BCUT2D eigenvalue weighted by atomic mass is 35.5. The number of hydrogen-bond donors (Lipinski definition) is 1. The number of rotatable bonds is 5. The molecule has 3 heterocycles. The Morgan fingerprint density at radius 2 is 2.20 bits per heavy atom. The van der Waals surface area contributed by atoms with Crippen LogP contribution in [0.3, 0.4) is 0 Å². The van der Waals surface area contributed by atoms with Crippen LogP contribution in [0.15, 0.2) is 34.2 Å². The molecule has 0 bridgehead atoms. The van der Waals surface area contributed by atoms with Crippen molar-refractivity contribution >= 4 is 46.7 Å². The number of carbonyl (C=O) groups excluding carboxylic acids is 1. The maximum Gasteiger partial charge on any atom is 0.236 e. The van der Waals surface area contributed by atoms with Crippen molar-refractivity contribution in [3.63, 3.8) is 0 Å². The van der Waals surface area contributed by atoms with Crippen LogP contribution in [0.25, 0.3) is 11.6 Å². The minimum absolute atomic E-state index is 0.129. The first kappa shape index (κ1) is 17.8. The molecular weight excluding hydrogens is 385 g/mol. The largest absolute Gasteiger partial charge is 0.461 e. The molecule has 0 atom stereocenters. The van der Waals surface area contributed by atoms with Crippen LogP contribution in [0.2, 0.25) is 10.0 Å². The third kappa shape index (κ3) is 3.81. The molecule has 0 saturated carbocycles. The van der Waals surface area contributed by atoms with Gasteiger partial charge in [-0.1, -0.05) is 35.0 Å². The zero-order valence-electron chi connectivity index (χ0n) is 13.3. The monoisotopic (exact) mass is 397 g/mol. The summed E-state index contributed by atoms with van der Waals surface area (Å²) >= 11 is 13.3. The van der Waals surface area contributed by atoms with Crippen LogP contribution in [-0.4, -0.2) is 31.4 Å². The van der Waals surface area contributed by atoms with E-state index < -0.39 is 0 Å². The Morgan fingerprint density at radius 3 is 2.92 bits per heavy atom. The fourth-order valence-electron chi connectivity index (χ4n) is 2.00. The minimum atomic E-state index is -0.260. The lowest BCUT2D eigenvalue weighted by Crippen LogP contribution is -2.16. The number of nitrogens with one attached hydrogen (secondary N) is 1. The zero-order valence-corrected chi connectivity index (χ0v) is 15.6. The van der Waals surface area contributed by atoms with Gasteiger partial charge in [0.1, 0.15) is 0 Å². The van der Waals surface area contributed by atoms with E-state index in [2.05, 4.69) is 20.5 Å². The van der Waals surface area contributed by atoms with Crippen molar-refractivity contribution in [1.29, 1.82) is 0 Å². The molecule has 3 aromatic rings. The summed E-state index contributed by atoms with van der Waals surface area (Å²) in [6, 6.07) is 3.57. The predicted molar refractivity (Wildman–Crippen MR) is 97.1 cm³/mol. The zero-order chi connectivity index (χ0) is 18.0. The third-order valence-electron chi connectivity index (χ3n) is 3.37. The Bertz CT molecular complexity index is 911. The first-order valence-corrected chi connectivity index (χ1v) is 8.88. The highest BCUT2D eigenvalue weighted by molar-refractivity contribution is 7.99. The molecule has 0 aliphatic carbocycles. The molecule has 3 rings (SSSR count). The number of furan rings is 1. The normalized spacial score (nSPS) is 10.9. The van der Waals surface area contributed by atoms with E-state index in [-0.39, 0.29) is 17.5 Å². The van der Waals surface area contributed by atoms with Gasteiger partial charge < -0.3 is 14.3 Å². The van der Waals surface area contributed by atoms with E-state index in [9.17, 15) is 4.79 Å². The summed E-state index contributed by atoms with van der Waals surface area (Å²) in [5, 5.41) is 12.2. The van der Waals surface area contributed by atoms with Crippen molar-refractivity contribution in [2.45, 2.75) is 12.1 Å². The average Bonchev–Trinajstić information content (AvgIpc) is 3.23. The van der Waals surface area contributed by atoms with Crippen LogP contribution in [-0.2, 0) is 11.8 Å². The number of pyridine rings is 1. The summed E-state index contributed by atoms with van der Waals surface area (Å²) in [5.41, 5.74) is 0.665. The summed E-state index contributed by atoms with van der Waals surface area (Å²) in [6.45, 7) is 1.76. The fourth-order valence-corrected chi connectivity index (χ4v) is 3.10. The molecule has 3 aromatic heterocycles. The van der Waals surface area contributed by atoms with E-state index in [1.165, 1.54) is 18.0 Å². The molecule has 7 nitrogen and oxygen atoms in total. The van der Waals surface area contributed by atoms with Gasteiger partial charge in [0.25, 0.3) is 0 Å². The van der Waals surface area contributed by atoms with Crippen molar-refractivity contribution < 1.29 is 9.21 Å². The van der Waals surface area contributed by atoms with Gasteiger partial charge in [-0.25, -0.2) is 4.98 Å². The number of aromatic nitrogens is 4. The van der Waals surface area contributed by atoms with Gasteiger partial charge >= 0.3 is 0 Å². The second-order valence-corrected chi connectivity index (χ2v) is 6.80. The van der Waals surface area contributed by atoms with Gasteiger partial charge in [0.05, 0.1) is 22.1 Å². The number of carbonyl (C=O) groups is 1. The Kier molecular flexibility index (Phi) is 5.31. The quantitative estimate of drug-likeness (QED) is 0.658. The smallest absolute Gasteiger partial charge is 0.236 e. The molecule has 130 valence electrons. The lowest BCUT2D eigenvalue weighted by molar-refractivity contribution is -0.113. The van der Waals surface area contributed by atoms with Crippen molar-refractivity contribution in [2.24, 2.45) is 7.05 Å². The Morgan fingerprint density at radius 1 is 1.40 bits per heavy atom. The predicted octanol–water partition coefficient (Wildman–Crippen LogP) is 3.82. The fraction of sp³-hybridized carbons (Fsp3) is 0.200. The molecule has 10 heteroatoms. The number of thioether (sulfide) groups is 1. The van der Waals surface area contributed by atoms with Crippen LogP contribution >= 0.6 is 35.0 Å². The van der Waals surface area contributed by atoms with Crippen LogP contribution < -0.4 is 5.32 Å². The molecule has 1 amide bonds. The second kappa shape index (κ2) is 7.47. The van der Waals surface area contributed by atoms with Gasteiger partial charge in [0.2, 0.25) is 5.91 Å².